The summed E-state index contributed by atoms with van der Waals surface area (Å²) in [6.45, 7) is 1.90. The minimum Gasteiger partial charge on any atom is -0.423 e. The standard InChI is InChI=1S/C18H14ClFO4/c1-2-3-4-17(21)23-13-7-5-12(6-8-13)18(22)24-14-9-10-15(19)16(20)11-14/h3-11H,2H2,1H3. The Morgan fingerprint density at radius 3 is 2.38 bits per heavy atom. The number of benzene rings is 2. The molecule has 0 saturated carbocycles. The van der Waals surface area contributed by atoms with Crippen LogP contribution in [0.3, 0.4) is 0 Å². The lowest BCUT2D eigenvalue weighted by Gasteiger charge is -2.06. The van der Waals surface area contributed by atoms with Crippen LogP contribution in [0.25, 0.3) is 0 Å². The maximum absolute atomic E-state index is 13.3. The van der Waals surface area contributed by atoms with Crippen LogP contribution in [0.15, 0.2) is 54.6 Å². The van der Waals surface area contributed by atoms with Gasteiger partial charge in [-0.25, -0.2) is 14.0 Å². The summed E-state index contributed by atoms with van der Waals surface area (Å²) in [6.07, 6.45) is 3.74. The van der Waals surface area contributed by atoms with Gasteiger partial charge in [-0.05, 0) is 42.8 Å². The Morgan fingerprint density at radius 1 is 1.08 bits per heavy atom. The molecule has 0 amide bonds. The van der Waals surface area contributed by atoms with Gasteiger partial charge in [0.2, 0.25) is 0 Å². The topological polar surface area (TPSA) is 52.6 Å². The predicted molar refractivity (Wildman–Crippen MR) is 87.9 cm³/mol. The molecule has 0 aliphatic rings. The molecule has 0 aliphatic carbocycles. The SMILES string of the molecule is CCC=CC(=O)Oc1ccc(C(=O)Oc2ccc(Cl)c(F)c2)cc1. The first-order valence-corrected chi connectivity index (χ1v) is 7.53. The summed E-state index contributed by atoms with van der Waals surface area (Å²) in [6, 6.07) is 9.54. The average molecular weight is 349 g/mol. The molecule has 0 N–H and O–H groups in total. The van der Waals surface area contributed by atoms with Gasteiger partial charge in [-0.2, -0.15) is 0 Å². The molecule has 0 aliphatic heterocycles. The van der Waals surface area contributed by atoms with E-state index in [9.17, 15) is 14.0 Å². The van der Waals surface area contributed by atoms with E-state index in [0.29, 0.717) is 5.75 Å². The van der Waals surface area contributed by atoms with E-state index in [-0.39, 0.29) is 16.3 Å². The minimum absolute atomic E-state index is 0.0436. The van der Waals surface area contributed by atoms with Crippen LogP contribution in [0.1, 0.15) is 23.7 Å². The summed E-state index contributed by atoms with van der Waals surface area (Å²) >= 11 is 5.56. The molecule has 2 rings (SSSR count). The van der Waals surface area contributed by atoms with Crippen LogP contribution in [0.5, 0.6) is 11.5 Å². The molecule has 24 heavy (non-hydrogen) atoms. The first-order valence-electron chi connectivity index (χ1n) is 7.15. The number of esters is 2. The van der Waals surface area contributed by atoms with E-state index in [1.165, 1.54) is 42.5 Å². The fourth-order valence-corrected chi connectivity index (χ4v) is 1.85. The van der Waals surface area contributed by atoms with Crippen molar-refractivity contribution in [2.45, 2.75) is 13.3 Å². The largest absolute Gasteiger partial charge is 0.423 e. The maximum Gasteiger partial charge on any atom is 0.343 e. The zero-order chi connectivity index (χ0) is 17.5. The molecule has 0 spiro atoms. The van der Waals surface area contributed by atoms with Crippen molar-refractivity contribution in [3.05, 3.63) is 71.0 Å². The van der Waals surface area contributed by atoms with Crippen molar-refractivity contribution in [3.63, 3.8) is 0 Å². The van der Waals surface area contributed by atoms with E-state index in [0.717, 1.165) is 12.5 Å². The van der Waals surface area contributed by atoms with Crippen LogP contribution < -0.4 is 9.47 Å². The van der Waals surface area contributed by atoms with Crippen LogP contribution in [0.4, 0.5) is 4.39 Å². The Morgan fingerprint density at radius 2 is 1.75 bits per heavy atom. The van der Waals surface area contributed by atoms with Crippen molar-refractivity contribution >= 4 is 23.5 Å². The highest BCUT2D eigenvalue weighted by Gasteiger charge is 2.11. The van der Waals surface area contributed by atoms with Crippen molar-refractivity contribution in [3.8, 4) is 11.5 Å². The second kappa shape index (κ2) is 8.26. The Balaban J connectivity index is 2.01. The van der Waals surface area contributed by atoms with Crippen molar-refractivity contribution in [1.82, 2.24) is 0 Å². The van der Waals surface area contributed by atoms with Crippen LogP contribution >= 0.6 is 11.6 Å². The summed E-state index contributed by atoms with van der Waals surface area (Å²) < 4.78 is 23.4. The molecule has 2 aromatic rings. The lowest BCUT2D eigenvalue weighted by molar-refractivity contribution is -0.129. The van der Waals surface area contributed by atoms with Gasteiger partial charge in [0, 0.05) is 12.1 Å². The molecule has 2 aromatic carbocycles. The molecule has 0 saturated heterocycles. The molecular formula is C18H14ClFO4. The van der Waals surface area contributed by atoms with Crippen molar-refractivity contribution in [1.29, 1.82) is 0 Å². The third-order valence-corrected chi connectivity index (χ3v) is 3.21. The fourth-order valence-electron chi connectivity index (χ4n) is 1.73. The third-order valence-electron chi connectivity index (χ3n) is 2.90. The van der Waals surface area contributed by atoms with Crippen LogP contribution in [0.2, 0.25) is 5.02 Å². The lowest BCUT2D eigenvalue weighted by Crippen LogP contribution is -2.09. The maximum atomic E-state index is 13.3. The lowest BCUT2D eigenvalue weighted by atomic mass is 10.2. The van der Waals surface area contributed by atoms with Gasteiger partial charge in [-0.3, -0.25) is 0 Å². The molecular weight excluding hydrogens is 335 g/mol. The van der Waals surface area contributed by atoms with Crippen LogP contribution in [-0.2, 0) is 4.79 Å². The monoisotopic (exact) mass is 348 g/mol. The Hall–Kier alpha value is -2.66. The van der Waals surface area contributed by atoms with E-state index >= 15 is 0 Å². The number of allylic oxidation sites excluding steroid dienone is 1. The Labute approximate surface area is 143 Å². The van der Waals surface area contributed by atoms with Crippen LogP contribution in [0, 0.1) is 5.82 Å². The number of halogens is 2. The summed E-state index contributed by atoms with van der Waals surface area (Å²) in [5.74, 6) is -1.49. The number of hydrogen-bond donors (Lipinski definition) is 0. The van der Waals surface area contributed by atoms with Crippen LogP contribution in [-0.4, -0.2) is 11.9 Å². The van der Waals surface area contributed by atoms with Crippen molar-refractivity contribution in [2.24, 2.45) is 0 Å². The van der Waals surface area contributed by atoms with Gasteiger partial charge in [0.1, 0.15) is 17.3 Å². The Kier molecular flexibility index (Phi) is 6.09. The van der Waals surface area contributed by atoms with Gasteiger partial charge < -0.3 is 9.47 Å². The van der Waals surface area contributed by atoms with E-state index in [4.69, 9.17) is 21.1 Å². The first-order chi connectivity index (χ1) is 11.5. The number of ether oxygens (including phenoxy) is 2. The zero-order valence-electron chi connectivity index (χ0n) is 12.8. The molecule has 0 unspecified atom stereocenters. The predicted octanol–water partition coefficient (Wildman–Crippen LogP) is 4.57. The van der Waals surface area contributed by atoms with Gasteiger partial charge in [0.25, 0.3) is 0 Å². The van der Waals surface area contributed by atoms with Gasteiger partial charge in [-0.1, -0.05) is 24.6 Å². The second-order valence-corrected chi connectivity index (χ2v) is 5.13. The highest BCUT2D eigenvalue weighted by molar-refractivity contribution is 6.30. The molecule has 0 fully saturated rings. The summed E-state index contributed by atoms with van der Waals surface area (Å²) in [4.78, 5) is 23.4. The smallest absolute Gasteiger partial charge is 0.343 e. The molecule has 0 aromatic heterocycles. The molecule has 6 heteroatoms. The molecule has 124 valence electrons. The van der Waals surface area contributed by atoms with Gasteiger partial charge in [0.15, 0.2) is 0 Å². The quantitative estimate of drug-likeness (QED) is 0.451. The zero-order valence-corrected chi connectivity index (χ0v) is 13.5. The number of rotatable bonds is 5. The first kappa shape index (κ1) is 17.7. The highest BCUT2D eigenvalue weighted by atomic mass is 35.5. The Bertz CT molecular complexity index is 769. The van der Waals surface area contributed by atoms with E-state index in [1.54, 1.807) is 6.08 Å². The van der Waals surface area contributed by atoms with Crippen molar-refractivity contribution < 1.29 is 23.5 Å². The van der Waals surface area contributed by atoms with Gasteiger partial charge in [0.05, 0.1) is 10.6 Å². The fraction of sp³-hybridized carbons (Fsp3) is 0.111. The van der Waals surface area contributed by atoms with Gasteiger partial charge in [-0.15, -0.1) is 0 Å². The molecule has 4 nitrogen and oxygen atoms in total. The third kappa shape index (κ3) is 4.93. The second-order valence-electron chi connectivity index (χ2n) is 4.72. The van der Waals surface area contributed by atoms with E-state index in [1.807, 2.05) is 6.92 Å². The average Bonchev–Trinajstić information content (AvgIpc) is 2.57. The highest BCUT2D eigenvalue weighted by Crippen LogP contribution is 2.21. The normalized spacial score (nSPS) is 10.6. The molecule has 0 heterocycles. The molecule has 0 radical (unpaired) electrons. The van der Waals surface area contributed by atoms with Gasteiger partial charge >= 0.3 is 11.9 Å². The molecule has 0 atom stereocenters. The number of hydrogen-bond acceptors (Lipinski definition) is 4. The van der Waals surface area contributed by atoms with E-state index < -0.39 is 17.8 Å². The minimum atomic E-state index is -0.677. The summed E-state index contributed by atoms with van der Waals surface area (Å²) in [5, 5.41) is -0.0573. The number of carbonyl (C=O) groups is 2. The number of carbonyl (C=O) groups excluding carboxylic acids is 2. The molecule has 0 bridgehead atoms. The summed E-state index contributed by atoms with van der Waals surface area (Å²) in [5.41, 5.74) is 0.231. The van der Waals surface area contributed by atoms with Crippen molar-refractivity contribution in [2.75, 3.05) is 0 Å². The van der Waals surface area contributed by atoms with E-state index in [2.05, 4.69) is 0 Å². The summed E-state index contributed by atoms with van der Waals surface area (Å²) in [7, 11) is 0.